The second-order valence-electron chi connectivity index (χ2n) is 3.88. The van der Waals surface area contributed by atoms with Gasteiger partial charge in [-0.1, -0.05) is 54.2 Å². The maximum absolute atomic E-state index is 8.12. The van der Waals surface area contributed by atoms with Crippen LogP contribution in [0.1, 0.15) is 0 Å². The van der Waals surface area contributed by atoms with E-state index in [0.29, 0.717) is 0 Å². The first kappa shape index (κ1) is 14.7. The molecule has 0 bridgehead atoms. The van der Waals surface area contributed by atoms with Gasteiger partial charge in [0.1, 0.15) is 5.03 Å². The van der Waals surface area contributed by atoms with Crippen LogP contribution in [0.5, 0.6) is 0 Å². The molecule has 1 aromatic heterocycles. The predicted octanol–water partition coefficient (Wildman–Crippen LogP) is 3.04. The van der Waals surface area contributed by atoms with Crippen LogP contribution in [0.4, 0.5) is 0 Å². The average molecular weight is 297 g/mol. The fourth-order valence-electron chi connectivity index (χ4n) is 1.71. The van der Waals surface area contributed by atoms with Gasteiger partial charge in [-0.05, 0) is 23.3 Å². The van der Waals surface area contributed by atoms with Crippen molar-refractivity contribution in [2.24, 2.45) is 0 Å². The number of hydrogen-bond donors (Lipinski definition) is 1. The standard InChI is InChI=1S/C14H11N3S.CO2/c1-2-4-11(5-3-1)12-6-8-13(9-7-12)18-14-10-15-17-16-14;2-1-3/h1-10H,(H,15,16,17);. The van der Waals surface area contributed by atoms with Crippen LogP contribution in [0.2, 0.25) is 0 Å². The van der Waals surface area contributed by atoms with Gasteiger partial charge in [-0.25, -0.2) is 0 Å². The van der Waals surface area contributed by atoms with Gasteiger partial charge in [-0.15, -0.1) is 5.10 Å². The highest BCUT2D eigenvalue weighted by Crippen LogP contribution is 2.27. The number of aromatic nitrogens is 3. The molecule has 0 aliphatic rings. The summed E-state index contributed by atoms with van der Waals surface area (Å²) in [6.07, 6.45) is 1.97. The van der Waals surface area contributed by atoms with Crippen molar-refractivity contribution in [3.05, 3.63) is 60.8 Å². The van der Waals surface area contributed by atoms with Gasteiger partial charge >= 0.3 is 6.15 Å². The lowest BCUT2D eigenvalue weighted by Gasteiger charge is -2.02. The van der Waals surface area contributed by atoms with Gasteiger partial charge in [0, 0.05) is 4.90 Å². The highest BCUT2D eigenvalue weighted by Gasteiger charge is 2.01. The van der Waals surface area contributed by atoms with Crippen LogP contribution in [-0.2, 0) is 9.59 Å². The fraction of sp³-hybridized carbons (Fsp3) is 0. The number of nitrogens with one attached hydrogen (secondary N) is 1. The van der Waals surface area contributed by atoms with Crippen LogP contribution in [0.25, 0.3) is 11.1 Å². The molecule has 0 aliphatic heterocycles. The number of aromatic amines is 1. The predicted molar refractivity (Wildman–Crippen MR) is 77.4 cm³/mol. The van der Waals surface area contributed by atoms with Crippen LogP contribution in [-0.4, -0.2) is 21.6 Å². The van der Waals surface area contributed by atoms with E-state index in [2.05, 4.69) is 51.8 Å². The smallest absolute Gasteiger partial charge is 0.197 e. The van der Waals surface area contributed by atoms with Crippen molar-refractivity contribution in [1.29, 1.82) is 0 Å². The summed E-state index contributed by atoms with van der Waals surface area (Å²) in [5.41, 5.74) is 2.45. The molecule has 0 spiro atoms. The normalized spacial score (nSPS) is 9.33. The highest BCUT2D eigenvalue weighted by molar-refractivity contribution is 7.99. The summed E-state index contributed by atoms with van der Waals surface area (Å²) in [4.78, 5) is 17.4. The van der Waals surface area contributed by atoms with Crippen LogP contribution < -0.4 is 0 Å². The van der Waals surface area contributed by atoms with Crippen LogP contribution >= 0.6 is 11.8 Å². The lowest BCUT2D eigenvalue weighted by atomic mass is 10.1. The van der Waals surface area contributed by atoms with Crippen molar-refractivity contribution in [2.45, 2.75) is 9.92 Å². The lowest BCUT2D eigenvalue weighted by molar-refractivity contribution is -0.191. The summed E-state index contributed by atoms with van der Waals surface area (Å²) in [6.45, 7) is 0. The van der Waals surface area contributed by atoms with Gasteiger partial charge in [-0.2, -0.15) is 19.9 Å². The molecular formula is C15H11N3O2S. The van der Waals surface area contributed by atoms with Crippen molar-refractivity contribution in [3.63, 3.8) is 0 Å². The number of hydrogen-bond acceptors (Lipinski definition) is 5. The Balaban J connectivity index is 0.000000497. The molecule has 2 aromatic carbocycles. The molecule has 21 heavy (non-hydrogen) atoms. The summed E-state index contributed by atoms with van der Waals surface area (Å²) in [7, 11) is 0. The van der Waals surface area contributed by atoms with E-state index in [1.54, 1.807) is 18.0 Å². The molecule has 6 heteroatoms. The molecule has 0 amide bonds. The molecule has 3 rings (SSSR count). The molecular weight excluding hydrogens is 286 g/mol. The molecule has 3 aromatic rings. The first-order valence-electron chi connectivity index (χ1n) is 6.02. The monoisotopic (exact) mass is 297 g/mol. The van der Waals surface area contributed by atoms with Crippen molar-refractivity contribution >= 4 is 17.9 Å². The minimum absolute atomic E-state index is 0.250. The quantitative estimate of drug-likeness (QED) is 0.804. The number of nitrogens with zero attached hydrogens (tertiary/aromatic N) is 2. The molecule has 0 saturated heterocycles. The summed E-state index contributed by atoms with van der Waals surface area (Å²) >= 11 is 1.59. The summed E-state index contributed by atoms with van der Waals surface area (Å²) in [5.74, 6) is 0. The summed E-state index contributed by atoms with van der Waals surface area (Å²) in [6, 6.07) is 18.8. The average Bonchev–Trinajstić information content (AvgIpc) is 3.03. The van der Waals surface area contributed by atoms with Crippen LogP contribution in [0.3, 0.4) is 0 Å². The molecule has 0 saturated carbocycles. The number of carbonyl (C=O) groups excluding carboxylic acids is 2. The molecule has 0 unspecified atom stereocenters. The number of rotatable bonds is 3. The van der Waals surface area contributed by atoms with Crippen molar-refractivity contribution in [3.8, 4) is 11.1 Å². The van der Waals surface area contributed by atoms with E-state index >= 15 is 0 Å². The Kier molecular flexibility index (Phi) is 5.46. The third-order valence-electron chi connectivity index (χ3n) is 2.58. The Morgan fingerprint density at radius 2 is 1.52 bits per heavy atom. The van der Waals surface area contributed by atoms with Gasteiger partial charge in [0.15, 0.2) is 0 Å². The Labute approximate surface area is 125 Å². The topological polar surface area (TPSA) is 75.7 Å². The Morgan fingerprint density at radius 3 is 2.10 bits per heavy atom. The lowest BCUT2D eigenvalue weighted by Crippen LogP contribution is -1.78. The zero-order valence-electron chi connectivity index (χ0n) is 10.9. The van der Waals surface area contributed by atoms with E-state index in [1.807, 2.05) is 18.2 Å². The van der Waals surface area contributed by atoms with Gasteiger partial charge in [-0.3, -0.25) is 0 Å². The Hall–Kier alpha value is -2.69. The second kappa shape index (κ2) is 7.79. The first-order chi connectivity index (χ1) is 10.3. The van der Waals surface area contributed by atoms with E-state index in [1.165, 1.54) is 11.1 Å². The van der Waals surface area contributed by atoms with Crippen molar-refractivity contribution in [2.75, 3.05) is 0 Å². The minimum atomic E-state index is 0.250. The van der Waals surface area contributed by atoms with Gasteiger partial charge in [0.2, 0.25) is 0 Å². The maximum atomic E-state index is 8.12. The molecule has 0 atom stereocenters. The zero-order valence-corrected chi connectivity index (χ0v) is 11.7. The molecule has 0 fully saturated rings. The van der Waals surface area contributed by atoms with E-state index in [4.69, 9.17) is 9.59 Å². The Morgan fingerprint density at radius 1 is 0.905 bits per heavy atom. The third kappa shape index (κ3) is 4.42. The summed E-state index contributed by atoms with van der Waals surface area (Å²) < 4.78 is 0. The first-order valence-corrected chi connectivity index (χ1v) is 6.83. The molecule has 104 valence electrons. The molecule has 5 nitrogen and oxygen atoms in total. The second-order valence-corrected chi connectivity index (χ2v) is 4.98. The number of benzene rings is 2. The maximum Gasteiger partial charge on any atom is 0.373 e. The zero-order chi connectivity index (χ0) is 14.9. The molecule has 1 N–H and O–H groups in total. The largest absolute Gasteiger partial charge is 0.373 e. The fourth-order valence-corrected chi connectivity index (χ4v) is 2.41. The third-order valence-corrected chi connectivity index (χ3v) is 3.49. The van der Waals surface area contributed by atoms with Crippen LogP contribution in [0, 0.1) is 0 Å². The van der Waals surface area contributed by atoms with Gasteiger partial charge in [0.05, 0.1) is 6.20 Å². The minimum Gasteiger partial charge on any atom is -0.197 e. The van der Waals surface area contributed by atoms with E-state index < -0.39 is 0 Å². The van der Waals surface area contributed by atoms with Crippen molar-refractivity contribution in [1.82, 2.24) is 15.4 Å². The molecule has 1 heterocycles. The van der Waals surface area contributed by atoms with E-state index in [9.17, 15) is 0 Å². The molecule has 0 radical (unpaired) electrons. The SMILES string of the molecule is O=C=O.c1ccc(-c2ccc(Sc3cn[nH]n3)cc2)cc1. The highest BCUT2D eigenvalue weighted by atomic mass is 32.2. The van der Waals surface area contributed by atoms with E-state index in [-0.39, 0.29) is 6.15 Å². The van der Waals surface area contributed by atoms with Crippen LogP contribution in [0.15, 0.2) is 70.7 Å². The van der Waals surface area contributed by atoms with Gasteiger partial charge in [0.25, 0.3) is 0 Å². The van der Waals surface area contributed by atoms with Crippen molar-refractivity contribution < 1.29 is 9.59 Å². The Bertz CT molecular complexity index is 692. The van der Waals surface area contributed by atoms with E-state index in [0.717, 1.165) is 9.92 Å². The van der Waals surface area contributed by atoms with Gasteiger partial charge < -0.3 is 0 Å². The number of H-pyrrole nitrogens is 1. The molecule has 0 aliphatic carbocycles. The summed E-state index contributed by atoms with van der Waals surface area (Å²) in [5, 5.41) is 11.3.